The fourth-order valence-corrected chi connectivity index (χ4v) is 2.30. The number of aromatic amines is 1. The number of amides is 1. The molecule has 5 nitrogen and oxygen atoms in total. The molecule has 1 heterocycles. The Kier molecular flexibility index (Phi) is 4.87. The first-order valence-corrected chi connectivity index (χ1v) is 7.28. The normalized spacial score (nSPS) is 10.4. The Labute approximate surface area is 135 Å². The van der Waals surface area contributed by atoms with Crippen LogP contribution < -0.4 is 10.1 Å². The topological polar surface area (TPSA) is 67.0 Å². The maximum atomic E-state index is 12.2. The van der Waals surface area contributed by atoms with Gasteiger partial charge in [0.1, 0.15) is 5.75 Å². The lowest BCUT2D eigenvalue weighted by molar-refractivity contribution is 0.0948. The lowest BCUT2D eigenvalue weighted by Gasteiger charge is -2.10. The Hall–Kier alpha value is -1.28. The molecule has 0 fully saturated rings. The minimum atomic E-state index is -0.235. The van der Waals surface area contributed by atoms with Crippen LogP contribution in [0.1, 0.15) is 21.6 Å². The quantitative estimate of drug-likeness (QED) is 0.769. The van der Waals surface area contributed by atoms with Crippen molar-refractivity contribution in [2.75, 3.05) is 7.11 Å². The highest BCUT2D eigenvalue weighted by molar-refractivity contribution is 14.1. The van der Waals surface area contributed by atoms with Gasteiger partial charge in [-0.15, -0.1) is 0 Å². The Balaban J connectivity index is 2.17. The van der Waals surface area contributed by atoms with Crippen LogP contribution in [0.2, 0.25) is 5.02 Å². The number of nitrogens with one attached hydrogen (secondary N) is 2. The maximum absolute atomic E-state index is 12.2. The molecule has 0 bridgehead atoms. The summed E-state index contributed by atoms with van der Waals surface area (Å²) in [4.78, 5) is 12.2. The van der Waals surface area contributed by atoms with E-state index in [1.807, 2.05) is 6.92 Å². The first-order valence-electron chi connectivity index (χ1n) is 5.83. The smallest absolute Gasteiger partial charge is 0.255 e. The highest BCUT2D eigenvalue weighted by atomic mass is 127. The fourth-order valence-electron chi connectivity index (χ4n) is 1.70. The molecule has 0 unspecified atom stereocenters. The zero-order valence-corrected chi connectivity index (χ0v) is 13.9. The number of rotatable bonds is 4. The average molecular weight is 406 g/mol. The Morgan fingerprint density at radius 1 is 1.55 bits per heavy atom. The number of nitrogens with zero attached hydrogens (tertiary/aromatic N) is 1. The number of carbonyl (C=O) groups is 1. The van der Waals surface area contributed by atoms with E-state index in [-0.39, 0.29) is 5.91 Å². The molecule has 0 aliphatic heterocycles. The number of halogens is 2. The summed E-state index contributed by atoms with van der Waals surface area (Å²) in [6.07, 6.45) is 1.69. The van der Waals surface area contributed by atoms with Gasteiger partial charge in [-0.25, -0.2) is 0 Å². The first kappa shape index (κ1) is 15.1. The molecule has 2 rings (SSSR count). The lowest BCUT2D eigenvalue weighted by Crippen LogP contribution is -2.23. The number of hydrogen-bond donors (Lipinski definition) is 2. The number of aryl methyl sites for hydroxylation is 1. The van der Waals surface area contributed by atoms with Gasteiger partial charge in [0.2, 0.25) is 0 Å². The van der Waals surface area contributed by atoms with Crippen molar-refractivity contribution in [2.45, 2.75) is 13.5 Å². The second-order valence-corrected chi connectivity index (χ2v) is 5.74. The summed E-state index contributed by atoms with van der Waals surface area (Å²) in [5.41, 5.74) is 2.28. The van der Waals surface area contributed by atoms with E-state index in [2.05, 4.69) is 38.1 Å². The zero-order chi connectivity index (χ0) is 14.7. The second kappa shape index (κ2) is 6.45. The van der Waals surface area contributed by atoms with Crippen molar-refractivity contribution in [1.29, 1.82) is 0 Å². The minimum absolute atomic E-state index is 0.235. The fraction of sp³-hybridized carbons (Fsp3) is 0.231. The van der Waals surface area contributed by atoms with E-state index in [1.54, 1.807) is 18.3 Å². The van der Waals surface area contributed by atoms with Crippen LogP contribution >= 0.6 is 34.2 Å². The standard InChI is InChI=1S/C13H13ClIN3O2/c1-7-8(6-17-18-7)5-16-13(19)9-3-10(14)11(15)4-12(9)20-2/h3-4,6H,5H2,1-2H3,(H,16,19)(H,17,18). The molecule has 0 atom stereocenters. The van der Waals surface area contributed by atoms with Crippen LogP contribution in [-0.4, -0.2) is 23.2 Å². The SMILES string of the molecule is COc1cc(I)c(Cl)cc1C(=O)NCc1cn[nH]c1C. The zero-order valence-electron chi connectivity index (χ0n) is 11.0. The Morgan fingerprint density at radius 3 is 2.90 bits per heavy atom. The van der Waals surface area contributed by atoms with Crippen LogP contribution in [0.15, 0.2) is 18.3 Å². The summed E-state index contributed by atoms with van der Waals surface area (Å²) in [6, 6.07) is 3.35. The molecule has 1 aromatic heterocycles. The van der Waals surface area contributed by atoms with Crippen LogP contribution in [0, 0.1) is 10.5 Å². The van der Waals surface area contributed by atoms with E-state index in [0.717, 1.165) is 14.8 Å². The number of carbonyl (C=O) groups excluding carboxylic acids is 1. The van der Waals surface area contributed by atoms with Gasteiger partial charge < -0.3 is 10.1 Å². The summed E-state index contributed by atoms with van der Waals surface area (Å²) >= 11 is 8.15. The third-order valence-corrected chi connectivity index (χ3v) is 4.38. The van der Waals surface area contributed by atoms with Crippen molar-refractivity contribution in [3.63, 3.8) is 0 Å². The Morgan fingerprint density at radius 2 is 2.30 bits per heavy atom. The van der Waals surface area contributed by atoms with Gasteiger partial charge in [0.25, 0.3) is 5.91 Å². The first-order chi connectivity index (χ1) is 9.52. The number of aromatic nitrogens is 2. The third-order valence-electron chi connectivity index (χ3n) is 2.86. The van der Waals surface area contributed by atoms with E-state index in [1.165, 1.54) is 7.11 Å². The molecule has 7 heteroatoms. The van der Waals surface area contributed by atoms with Crippen LogP contribution in [0.25, 0.3) is 0 Å². The van der Waals surface area contributed by atoms with Gasteiger partial charge in [-0.3, -0.25) is 9.89 Å². The van der Waals surface area contributed by atoms with E-state index in [4.69, 9.17) is 16.3 Å². The second-order valence-electron chi connectivity index (χ2n) is 4.17. The van der Waals surface area contributed by atoms with Crippen LogP contribution in [0.3, 0.4) is 0 Å². The van der Waals surface area contributed by atoms with Crippen LogP contribution in [0.5, 0.6) is 5.75 Å². The molecule has 0 radical (unpaired) electrons. The summed E-state index contributed by atoms with van der Waals surface area (Å²) in [6.45, 7) is 2.30. The molecular formula is C13H13ClIN3O2. The van der Waals surface area contributed by atoms with Gasteiger partial charge in [0, 0.05) is 21.4 Å². The van der Waals surface area contributed by atoms with Crippen LogP contribution in [-0.2, 0) is 6.54 Å². The van der Waals surface area contributed by atoms with Gasteiger partial charge in [-0.2, -0.15) is 5.10 Å². The van der Waals surface area contributed by atoms with Gasteiger partial charge in [-0.05, 0) is 41.6 Å². The number of ether oxygens (including phenoxy) is 1. The lowest BCUT2D eigenvalue weighted by atomic mass is 10.1. The van der Waals surface area contributed by atoms with Crippen molar-refractivity contribution in [3.8, 4) is 5.75 Å². The number of H-pyrrole nitrogens is 1. The maximum Gasteiger partial charge on any atom is 0.255 e. The molecular weight excluding hydrogens is 393 g/mol. The molecule has 1 aromatic carbocycles. The third kappa shape index (κ3) is 3.24. The number of methoxy groups -OCH3 is 1. The summed E-state index contributed by atoms with van der Waals surface area (Å²) < 4.78 is 6.06. The highest BCUT2D eigenvalue weighted by Gasteiger charge is 2.15. The van der Waals surface area contributed by atoms with E-state index in [9.17, 15) is 4.79 Å². The molecule has 0 aliphatic carbocycles. The molecule has 20 heavy (non-hydrogen) atoms. The molecule has 0 saturated heterocycles. The molecule has 1 amide bonds. The molecule has 0 saturated carbocycles. The molecule has 0 spiro atoms. The highest BCUT2D eigenvalue weighted by Crippen LogP contribution is 2.28. The number of benzene rings is 1. The minimum Gasteiger partial charge on any atom is -0.496 e. The molecule has 0 aliphatic rings. The molecule has 2 aromatic rings. The predicted molar refractivity (Wildman–Crippen MR) is 85.2 cm³/mol. The number of hydrogen-bond acceptors (Lipinski definition) is 3. The summed E-state index contributed by atoms with van der Waals surface area (Å²) in [5, 5.41) is 10.1. The van der Waals surface area contributed by atoms with E-state index >= 15 is 0 Å². The van der Waals surface area contributed by atoms with Crippen molar-refractivity contribution in [3.05, 3.63) is 43.7 Å². The molecule has 2 N–H and O–H groups in total. The molecule has 106 valence electrons. The van der Waals surface area contributed by atoms with Crippen molar-refractivity contribution in [2.24, 2.45) is 0 Å². The van der Waals surface area contributed by atoms with Gasteiger partial charge >= 0.3 is 0 Å². The van der Waals surface area contributed by atoms with Crippen molar-refractivity contribution in [1.82, 2.24) is 15.5 Å². The Bertz CT molecular complexity index is 643. The predicted octanol–water partition coefficient (Wildman–Crippen LogP) is 2.91. The average Bonchev–Trinajstić information content (AvgIpc) is 2.84. The van der Waals surface area contributed by atoms with Gasteiger partial charge in [0.15, 0.2) is 0 Å². The monoisotopic (exact) mass is 405 g/mol. The van der Waals surface area contributed by atoms with Crippen LogP contribution in [0.4, 0.5) is 0 Å². The largest absolute Gasteiger partial charge is 0.496 e. The van der Waals surface area contributed by atoms with Crippen molar-refractivity contribution >= 4 is 40.1 Å². The summed E-state index contributed by atoms with van der Waals surface area (Å²) in [7, 11) is 1.52. The van der Waals surface area contributed by atoms with E-state index < -0.39 is 0 Å². The van der Waals surface area contributed by atoms with Gasteiger partial charge in [0.05, 0.1) is 23.9 Å². The summed E-state index contributed by atoms with van der Waals surface area (Å²) in [5.74, 6) is 0.265. The van der Waals surface area contributed by atoms with Gasteiger partial charge in [-0.1, -0.05) is 11.6 Å². The van der Waals surface area contributed by atoms with Crippen molar-refractivity contribution < 1.29 is 9.53 Å². The van der Waals surface area contributed by atoms with E-state index in [0.29, 0.717) is 22.9 Å².